The minimum atomic E-state index is -0.259. The highest BCUT2D eigenvalue weighted by atomic mass is 35.5. The van der Waals surface area contributed by atoms with E-state index < -0.39 is 0 Å². The fourth-order valence-electron chi connectivity index (χ4n) is 2.00. The van der Waals surface area contributed by atoms with Gasteiger partial charge in [-0.15, -0.1) is 11.3 Å². The molecule has 2 aromatic rings. The summed E-state index contributed by atoms with van der Waals surface area (Å²) in [6.45, 7) is 8.79. The van der Waals surface area contributed by atoms with Crippen molar-refractivity contribution in [2.24, 2.45) is 0 Å². The predicted molar refractivity (Wildman–Crippen MR) is 89.7 cm³/mol. The van der Waals surface area contributed by atoms with E-state index in [-0.39, 0.29) is 22.0 Å². The number of nitrogens with zero attached hydrogens (tertiary/aromatic N) is 2. The lowest BCUT2D eigenvalue weighted by molar-refractivity contribution is 0.502. The molecule has 0 aliphatic heterocycles. The standard InChI is InChI=1S/C15H20ClN3OS/c1-10(2)19-14(20)13(16)11(8-18-19)17-9-15(3,4)12-6-5-7-21-12/h5-8,10,17H,9H2,1-4H3. The molecule has 0 unspecified atom stereocenters. The molecule has 0 bridgehead atoms. The molecule has 0 atom stereocenters. The third-order valence-corrected chi connectivity index (χ3v) is 4.94. The minimum Gasteiger partial charge on any atom is -0.381 e. The molecule has 0 amide bonds. The van der Waals surface area contributed by atoms with Crippen molar-refractivity contribution in [1.29, 1.82) is 0 Å². The first-order valence-electron chi connectivity index (χ1n) is 6.88. The normalized spacial score (nSPS) is 11.9. The van der Waals surface area contributed by atoms with Crippen LogP contribution in [0.25, 0.3) is 0 Å². The molecule has 6 heteroatoms. The summed E-state index contributed by atoms with van der Waals surface area (Å²) in [5.74, 6) is 0. The van der Waals surface area contributed by atoms with Crippen molar-refractivity contribution >= 4 is 28.6 Å². The number of rotatable bonds is 5. The number of hydrogen-bond donors (Lipinski definition) is 1. The molecule has 0 fully saturated rings. The van der Waals surface area contributed by atoms with Gasteiger partial charge in [-0.2, -0.15) is 5.10 Å². The summed E-state index contributed by atoms with van der Waals surface area (Å²) in [5.41, 5.74) is 0.290. The Morgan fingerprint density at radius 1 is 1.48 bits per heavy atom. The van der Waals surface area contributed by atoms with Crippen molar-refractivity contribution in [2.45, 2.75) is 39.2 Å². The van der Waals surface area contributed by atoms with Crippen LogP contribution < -0.4 is 10.9 Å². The van der Waals surface area contributed by atoms with Crippen LogP contribution in [0.2, 0.25) is 5.02 Å². The molecule has 2 heterocycles. The van der Waals surface area contributed by atoms with Crippen LogP contribution in [0.4, 0.5) is 5.69 Å². The van der Waals surface area contributed by atoms with Gasteiger partial charge in [0, 0.05) is 16.8 Å². The van der Waals surface area contributed by atoms with Crippen LogP contribution in [0.5, 0.6) is 0 Å². The van der Waals surface area contributed by atoms with E-state index >= 15 is 0 Å². The molecule has 0 aromatic carbocycles. The molecule has 0 spiro atoms. The summed E-state index contributed by atoms with van der Waals surface area (Å²) in [7, 11) is 0. The van der Waals surface area contributed by atoms with E-state index in [1.165, 1.54) is 9.56 Å². The second-order valence-electron chi connectivity index (χ2n) is 5.93. The highest BCUT2D eigenvalue weighted by Gasteiger charge is 2.22. The average molecular weight is 326 g/mol. The molecular weight excluding hydrogens is 306 g/mol. The van der Waals surface area contributed by atoms with Gasteiger partial charge in [-0.25, -0.2) is 4.68 Å². The van der Waals surface area contributed by atoms with E-state index in [9.17, 15) is 4.79 Å². The first-order chi connectivity index (χ1) is 9.83. The largest absolute Gasteiger partial charge is 0.381 e. The van der Waals surface area contributed by atoms with E-state index in [0.29, 0.717) is 12.2 Å². The fraction of sp³-hybridized carbons (Fsp3) is 0.467. The number of nitrogens with one attached hydrogen (secondary N) is 1. The van der Waals surface area contributed by atoms with Gasteiger partial charge in [0.2, 0.25) is 0 Å². The van der Waals surface area contributed by atoms with Gasteiger partial charge >= 0.3 is 0 Å². The predicted octanol–water partition coefficient (Wildman–Crippen LogP) is 3.93. The maximum absolute atomic E-state index is 12.1. The third kappa shape index (κ3) is 3.47. The topological polar surface area (TPSA) is 46.9 Å². The molecule has 21 heavy (non-hydrogen) atoms. The monoisotopic (exact) mass is 325 g/mol. The zero-order valence-corrected chi connectivity index (χ0v) is 14.3. The van der Waals surface area contributed by atoms with Crippen molar-refractivity contribution < 1.29 is 0 Å². The first-order valence-corrected chi connectivity index (χ1v) is 8.14. The van der Waals surface area contributed by atoms with E-state index in [1.54, 1.807) is 17.5 Å². The van der Waals surface area contributed by atoms with Crippen molar-refractivity contribution in [1.82, 2.24) is 9.78 Å². The maximum Gasteiger partial charge on any atom is 0.287 e. The fourth-order valence-corrected chi connectivity index (χ4v) is 3.06. The molecule has 0 aliphatic carbocycles. The van der Waals surface area contributed by atoms with Crippen molar-refractivity contribution in [3.8, 4) is 0 Å². The van der Waals surface area contributed by atoms with Gasteiger partial charge in [0.25, 0.3) is 5.56 Å². The highest BCUT2D eigenvalue weighted by molar-refractivity contribution is 7.10. The lowest BCUT2D eigenvalue weighted by Gasteiger charge is -2.24. The van der Waals surface area contributed by atoms with Crippen molar-refractivity contribution in [3.05, 3.63) is 44.0 Å². The quantitative estimate of drug-likeness (QED) is 0.906. The summed E-state index contributed by atoms with van der Waals surface area (Å²) in [6.07, 6.45) is 1.62. The van der Waals surface area contributed by atoms with Gasteiger partial charge in [-0.05, 0) is 25.3 Å². The third-order valence-electron chi connectivity index (χ3n) is 3.34. The highest BCUT2D eigenvalue weighted by Crippen LogP contribution is 2.28. The average Bonchev–Trinajstić information content (AvgIpc) is 2.95. The van der Waals surface area contributed by atoms with E-state index in [4.69, 9.17) is 11.6 Å². The van der Waals surface area contributed by atoms with Gasteiger partial charge in [0.05, 0.1) is 17.9 Å². The van der Waals surface area contributed by atoms with Gasteiger partial charge in [-0.3, -0.25) is 4.79 Å². The number of hydrogen-bond acceptors (Lipinski definition) is 4. The second-order valence-corrected chi connectivity index (χ2v) is 7.26. The molecule has 1 N–H and O–H groups in total. The van der Waals surface area contributed by atoms with Crippen LogP contribution in [0, 0.1) is 0 Å². The van der Waals surface area contributed by atoms with Gasteiger partial charge in [0.1, 0.15) is 5.02 Å². The summed E-state index contributed by atoms with van der Waals surface area (Å²) in [6, 6.07) is 4.15. The summed E-state index contributed by atoms with van der Waals surface area (Å²) >= 11 is 7.89. The zero-order valence-electron chi connectivity index (χ0n) is 12.7. The van der Waals surface area contributed by atoms with Crippen LogP contribution in [-0.2, 0) is 5.41 Å². The number of anilines is 1. The maximum atomic E-state index is 12.1. The van der Waals surface area contributed by atoms with E-state index in [1.807, 2.05) is 19.9 Å². The van der Waals surface area contributed by atoms with Crippen LogP contribution in [0.3, 0.4) is 0 Å². The zero-order chi connectivity index (χ0) is 15.6. The Hall–Kier alpha value is -1.33. The number of halogens is 1. The Kier molecular flexibility index (Phi) is 4.74. The lowest BCUT2D eigenvalue weighted by atomic mass is 9.91. The summed E-state index contributed by atoms with van der Waals surface area (Å²) in [5, 5.41) is 9.67. The Morgan fingerprint density at radius 2 is 2.19 bits per heavy atom. The van der Waals surface area contributed by atoms with E-state index in [0.717, 1.165) is 0 Å². The molecule has 4 nitrogen and oxygen atoms in total. The first kappa shape index (κ1) is 16.0. The number of aromatic nitrogens is 2. The minimum absolute atomic E-state index is 0.00777. The van der Waals surface area contributed by atoms with Crippen LogP contribution in [-0.4, -0.2) is 16.3 Å². The van der Waals surface area contributed by atoms with Crippen molar-refractivity contribution in [2.75, 3.05) is 11.9 Å². The molecule has 114 valence electrons. The van der Waals surface area contributed by atoms with Crippen molar-refractivity contribution in [3.63, 3.8) is 0 Å². The molecular formula is C15H20ClN3OS. The molecule has 2 rings (SSSR count). The second kappa shape index (κ2) is 6.20. The van der Waals surface area contributed by atoms with Crippen LogP contribution in [0.15, 0.2) is 28.5 Å². The molecule has 0 saturated heterocycles. The van der Waals surface area contributed by atoms with Gasteiger partial charge < -0.3 is 5.32 Å². The Bertz CT molecular complexity index is 662. The van der Waals surface area contributed by atoms with E-state index in [2.05, 4.69) is 35.7 Å². The Balaban J connectivity index is 2.18. The summed E-state index contributed by atoms with van der Waals surface area (Å²) < 4.78 is 1.39. The summed E-state index contributed by atoms with van der Waals surface area (Å²) in [4.78, 5) is 13.4. The molecule has 2 aromatic heterocycles. The number of thiophene rings is 1. The molecule has 0 aliphatic rings. The Labute approximate surface area is 133 Å². The molecule has 0 saturated carbocycles. The van der Waals surface area contributed by atoms with Gasteiger partial charge in [0.15, 0.2) is 0 Å². The smallest absolute Gasteiger partial charge is 0.287 e. The van der Waals surface area contributed by atoms with Crippen LogP contribution >= 0.6 is 22.9 Å². The molecule has 0 radical (unpaired) electrons. The SMILES string of the molecule is CC(C)n1ncc(NCC(C)(C)c2cccs2)c(Cl)c1=O. The Morgan fingerprint density at radius 3 is 2.76 bits per heavy atom. The lowest BCUT2D eigenvalue weighted by Crippen LogP contribution is -2.29. The van der Waals surface area contributed by atoms with Gasteiger partial charge in [-0.1, -0.05) is 31.5 Å². The van der Waals surface area contributed by atoms with Crippen LogP contribution in [0.1, 0.15) is 38.6 Å².